The number of benzene rings is 2. The molecule has 2 aliphatic heterocycles. The molecule has 1 saturated heterocycles. The van der Waals surface area contributed by atoms with E-state index in [1.807, 2.05) is 24.5 Å². The Balaban J connectivity index is 1.41. The van der Waals surface area contributed by atoms with E-state index in [1.165, 1.54) is 17.7 Å². The molecule has 0 spiro atoms. The first-order valence-electron chi connectivity index (χ1n) is 12.1. The van der Waals surface area contributed by atoms with E-state index in [-0.39, 0.29) is 23.9 Å². The predicted octanol–water partition coefficient (Wildman–Crippen LogP) is 4.43. The molecule has 0 unspecified atom stereocenters. The second-order valence-corrected chi connectivity index (χ2v) is 10.1. The second-order valence-electron chi connectivity index (χ2n) is 10.1. The third kappa shape index (κ3) is 3.75. The molecule has 35 heavy (non-hydrogen) atoms. The average Bonchev–Trinajstić information content (AvgIpc) is 3.56. The van der Waals surface area contributed by atoms with Crippen molar-refractivity contribution >= 4 is 5.69 Å². The monoisotopic (exact) mass is 471 g/mol. The van der Waals surface area contributed by atoms with Gasteiger partial charge in [-0.3, -0.25) is 4.57 Å². The van der Waals surface area contributed by atoms with Crippen LogP contribution in [0.3, 0.4) is 0 Å². The fourth-order valence-electron chi connectivity index (χ4n) is 5.62. The number of β-amino-alcohol motifs (C(OH)–C–C–N with tert-alkyl or cyclic N) is 1. The lowest BCUT2D eigenvalue weighted by Crippen LogP contribution is -2.29. The van der Waals surface area contributed by atoms with Crippen LogP contribution in [0.4, 0.5) is 10.1 Å². The van der Waals surface area contributed by atoms with Crippen LogP contribution in [0, 0.1) is 11.7 Å². The van der Waals surface area contributed by atoms with Crippen molar-refractivity contribution in [2.24, 2.45) is 5.92 Å². The van der Waals surface area contributed by atoms with Crippen molar-refractivity contribution < 1.29 is 9.50 Å². The highest BCUT2D eigenvalue weighted by molar-refractivity contribution is 5.72. The van der Waals surface area contributed by atoms with Gasteiger partial charge in [-0.15, -0.1) is 0 Å². The Hall–Kier alpha value is -3.42. The maximum Gasteiger partial charge on any atom is 0.161 e. The molecule has 0 amide bonds. The van der Waals surface area contributed by atoms with E-state index in [1.54, 1.807) is 0 Å². The third-order valence-electron chi connectivity index (χ3n) is 7.41. The molecule has 180 valence electrons. The van der Waals surface area contributed by atoms with E-state index in [0.29, 0.717) is 6.54 Å². The summed E-state index contributed by atoms with van der Waals surface area (Å²) in [5.41, 5.74) is 6.49. The van der Waals surface area contributed by atoms with Gasteiger partial charge in [-0.2, -0.15) is 0 Å². The largest absolute Gasteiger partial charge is 0.391 e. The molecule has 1 fully saturated rings. The lowest BCUT2D eigenvalue weighted by atomic mass is 10.0. The number of anilines is 1. The Morgan fingerprint density at radius 1 is 1.06 bits per heavy atom. The summed E-state index contributed by atoms with van der Waals surface area (Å²) in [6, 6.07) is 15.4. The first-order chi connectivity index (χ1) is 16.9. The van der Waals surface area contributed by atoms with E-state index in [2.05, 4.69) is 70.4 Å². The maximum atomic E-state index is 13.5. The Morgan fingerprint density at radius 2 is 1.86 bits per heavy atom. The first-order valence-corrected chi connectivity index (χ1v) is 12.1. The Bertz CT molecular complexity index is 1370. The van der Waals surface area contributed by atoms with Gasteiger partial charge < -0.3 is 19.5 Å². The number of rotatable bonds is 4. The van der Waals surface area contributed by atoms with Gasteiger partial charge in [0.2, 0.25) is 0 Å². The summed E-state index contributed by atoms with van der Waals surface area (Å²) >= 11 is 0. The van der Waals surface area contributed by atoms with Crippen LogP contribution < -0.4 is 4.90 Å². The summed E-state index contributed by atoms with van der Waals surface area (Å²) in [5, 5.41) is 10.7. The molecule has 0 radical (unpaired) electrons. The molecule has 4 heterocycles. The number of hydrogen-bond donors (Lipinski definition) is 1. The molecular weight excluding hydrogens is 441 g/mol. The molecule has 2 aromatic carbocycles. The minimum absolute atomic E-state index is 0.0703. The van der Waals surface area contributed by atoms with E-state index in [9.17, 15) is 9.50 Å². The van der Waals surface area contributed by atoms with E-state index in [0.717, 1.165) is 47.1 Å². The average molecular weight is 472 g/mol. The fourth-order valence-corrected chi connectivity index (χ4v) is 5.62. The van der Waals surface area contributed by atoms with Crippen LogP contribution >= 0.6 is 0 Å². The number of imidazole rings is 1. The number of aromatic nitrogens is 3. The quantitative estimate of drug-likeness (QED) is 0.479. The molecule has 3 atom stereocenters. The van der Waals surface area contributed by atoms with Crippen LogP contribution in [0.5, 0.6) is 0 Å². The SMILES string of the molecule is C[C@H]1c2cc(N3C[C@@H](CN(C)C)[C@H](O)C3)ccc2-n2ccnc2-c2cc(-c3ccc(F)cc3)cn21. The number of aliphatic hydroxyl groups excluding tert-OH is 1. The van der Waals surface area contributed by atoms with Crippen molar-refractivity contribution in [3.8, 4) is 28.3 Å². The van der Waals surface area contributed by atoms with Crippen LogP contribution in [0.2, 0.25) is 0 Å². The number of aliphatic hydroxyl groups is 1. The summed E-state index contributed by atoms with van der Waals surface area (Å²) in [6.45, 7) is 4.56. The zero-order valence-electron chi connectivity index (χ0n) is 20.3. The molecule has 7 heteroatoms. The molecule has 2 aliphatic rings. The van der Waals surface area contributed by atoms with Crippen molar-refractivity contribution in [1.82, 2.24) is 19.0 Å². The normalized spacial score (nSPS) is 21.1. The molecule has 4 aromatic rings. The molecule has 6 rings (SSSR count). The van der Waals surface area contributed by atoms with Crippen LogP contribution in [0.15, 0.2) is 67.1 Å². The maximum absolute atomic E-state index is 13.5. The van der Waals surface area contributed by atoms with Gasteiger partial charge in [0.15, 0.2) is 5.82 Å². The summed E-state index contributed by atoms with van der Waals surface area (Å²) in [4.78, 5) is 9.13. The minimum Gasteiger partial charge on any atom is -0.391 e. The zero-order valence-corrected chi connectivity index (χ0v) is 20.3. The summed E-state index contributed by atoms with van der Waals surface area (Å²) in [7, 11) is 4.11. The lowest BCUT2D eigenvalue weighted by Gasteiger charge is -2.23. The Kier molecular flexibility index (Phi) is 5.27. The smallest absolute Gasteiger partial charge is 0.161 e. The van der Waals surface area contributed by atoms with Gasteiger partial charge in [-0.05, 0) is 63.0 Å². The second kappa shape index (κ2) is 8.36. The minimum atomic E-state index is -0.330. The molecule has 1 N–H and O–H groups in total. The van der Waals surface area contributed by atoms with Crippen LogP contribution in [0.25, 0.3) is 28.3 Å². The highest BCUT2D eigenvalue weighted by atomic mass is 19.1. The Morgan fingerprint density at radius 3 is 2.63 bits per heavy atom. The summed E-state index contributed by atoms with van der Waals surface area (Å²) in [6.07, 6.45) is 5.65. The highest BCUT2D eigenvalue weighted by Crippen LogP contribution is 2.40. The van der Waals surface area contributed by atoms with Crippen molar-refractivity contribution in [3.05, 3.63) is 78.5 Å². The molecule has 0 aliphatic carbocycles. The lowest BCUT2D eigenvalue weighted by molar-refractivity contribution is 0.130. The first kappa shape index (κ1) is 22.1. The van der Waals surface area contributed by atoms with Crippen molar-refractivity contribution in [2.45, 2.75) is 19.1 Å². The number of hydrogen-bond acceptors (Lipinski definition) is 4. The molecule has 0 bridgehead atoms. The van der Waals surface area contributed by atoms with Crippen molar-refractivity contribution in [1.29, 1.82) is 0 Å². The van der Waals surface area contributed by atoms with Gasteiger partial charge in [0.25, 0.3) is 0 Å². The molecule has 0 saturated carbocycles. The van der Waals surface area contributed by atoms with Gasteiger partial charge in [0, 0.05) is 61.0 Å². The number of fused-ring (bicyclic) bond motifs is 5. The standard InChI is InChI=1S/C28H30FN5O/c1-18-24-13-23(32-15-21(14-31(2)3)27(35)17-32)8-9-25(24)33-11-10-30-28(33)26-12-20(16-34(18)26)19-4-6-22(29)7-5-19/h4-13,16,18,21,27,35H,14-15,17H2,1-3H3/t18-,21+,27+/m0/s1. The van der Waals surface area contributed by atoms with Gasteiger partial charge in [-0.25, -0.2) is 9.37 Å². The van der Waals surface area contributed by atoms with Gasteiger partial charge in [0.05, 0.1) is 23.5 Å². The molecule has 6 nitrogen and oxygen atoms in total. The summed E-state index contributed by atoms with van der Waals surface area (Å²) in [5.74, 6) is 0.884. The van der Waals surface area contributed by atoms with E-state index in [4.69, 9.17) is 4.98 Å². The Labute approximate surface area is 204 Å². The van der Waals surface area contributed by atoms with Gasteiger partial charge >= 0.3 is 0 Å². The van der Waals surface area contributed by atoms with E-state index >= 15 is 0 Å². The van der Waals surface area contributed by atoms with Crippen LogP contribution in [-0.4, -0.2) is 64.0 Å². The van der Waals surface area contributed by atoms with Crippen LogP contribution in [-0.2, 0) is 0 Å². The summed E-state index contributed by atoms with van der Waals surface area (Å²) < 4.78 is 17.9. The van der Waals surface area contributed by atoms with E-state index < -0.39 is 0 Å². The number of halogens is 1. The predicted molar refractivity (Wildman–Crippen MR) is 136 cm³/mol. The third-order valence-corrected chi connectivity index (χ3v) is 7.41. The topological polar surface area (TPSA) is 49.5 Å². The fraction of sp³-hybridized carbons (Fsp3) is 0.321. The molecule has 2 aromatic heterocycles. The highest BCUT2D eigenvalue weighted by Gasteiger charge is 2.33. The van der Waals surface area contributed by atoms with Crippen molar-refractivity contribution in [2.75, 3.05) is 38.6 Å². The van der Waals surface area contributed by atoms with Crippen molar-refractivity contribution in [3.63, 3.8) is 0 Å². The van der Waals surface area contributed by atoms with Gasteiger partial charge in [-0.1, -0.05) is 12.1 Å². The number of nitrogens with zero attached hydrogens (tertiary/aromatic N) is 5. The van der Waals surface area contributed by atoms with Crippen LogP contribution in [0.1, 0.15) is 18.5 Å². The van der Waals surface area contributed by atoms with Gasteiger partial charge in [0.1, 0.15) is 5.82 Å². The molecular formula is C28H30FN5O. The zero-order chi connectivity index (χ0) is 24.3.